The minimum atomic E-state index is -4.62. The molecule has 1 aliphatic rings. The summed E-state index contributed by atoms with van der Waals surface area (Å²) in [6.07, 6.45) is 0.163. The number of likely N-dealkylation sites (tertiary alicyclic amines) is 1. The van der Waals surface area contributed by atoms with Gasteiger partial charge in [0, 0.05) is 36.3 Å². The molecule has 0 unspecified atom stereocenters. The molecule has 0 aromatic carbocycles. The van der Waals surface area contributed by atoms with Gasteiger partial charge in [0.1, 0.15) is 10.7 Å². The first-order valence-electron chi connectivity index (χ1n) is 10.4. The number of nitrogens with zero attached hydrogens (tertiary/aromatic N) is 5. The number of amides is 2. The second-order valence-corrected chi connectivity index (χ2v) is 10.3. The lowest BCUT2D eigenvalue weighted by Crippen LogP contribution is -2.38. The van der Waals surface area contributed by atoms with E-state index in [1.807, 2.05) is 0 Å². The Labute approximate surface area is 210 Å². The number of piperidine rings is 1. The molecule has 14 heteroatoms. The minimum Gasteiger partial charge on any atom is -0.339 e. The molecule has 1 saturated heterocycles. The van der Waals surface area contributed by atoms with Crippen LogP contribution in [0.3, 0.4) is 0 Å². The van der Waals surface area contributed by atoms with Crippen LogP contribution in [0.5, 0.6) is 0 Å². The zero-order valence-corrected chi connectivity index (χ0v) is 20.6. The molecule has 0 atom stereocenters. The van der Waals surface area contributed by atoms with Crippen LogP contribution >= 0.6 is 34.4 Å². The molecule has 0 spiro atoms. The van der Waals surface area contributed by atoms with Crippen LogP contribution in [0.25, 0.3) is 0 Å². The number of thiazole rings is 1. The quantitative estimate of drug-likeness (QED) is 0.334. The van der Waals surface area contributed by atoms with Gasteiger partial charge in [-0.05, 0) is 25.0 Å². The largest absolute Gasteiger partial charge is 0.445 e. The van der Waals surface area contributed by atoms with E-state index in [4.69, 9.17) is 0 Å². The summed E-state index contributed by atoms with van der Waals surface area (Å²) in [4.78, 5) is 35.9. The molecule has 4 rings (SSSR count). The number of thioether (sulfide) groups is 1. The molecule has 1 aliphatic heterocycles. The SMILES string of the molecule is C=CCSc1ncccc1C(=O)N1CCC(c2nc(C(=O)Nc3nnc(C(F)(F)F)s3)cs2)CC1. The first kappa shape index (κ1) is 25.3. The highest BCUT2D eigenvalue weighted by Crippen LogP contribution is 2.34. The molecule has 1 fully saturated rings. The standard InChI is InChI=1S/C21H19F3N6O2S3/c1-2-10-33-17-13(4-3-7-25-17)18(32)30-8-5-12(6-9-30)16-26-14(11-34-16)15(31)27-20-29-28-19(35-20)21(22,23)24/h2-4,7,11-12H,1,5-6,8-10H2,(H,27,29,31). The number of alkyl halides is 3. The summed E-state index contributed by atoms with van der Waals surface area (Å²) >= 11 is 3.02. The van der Waals surface area contributed by atoms with Crippen LogP contribution in [-0.4, -0.2) is 55.7 Å². The number of halogens is 3. The van der Waals surface area contributed by atoms with E-state index in [0.29, 0.717) is 42.3 Å². The lowest BCUT2D eigenvalue weighted by molar-refractivity contribution is -0.138. The predicted octanol–water partition coefficient (Wildman–Crippen LogP) is 4.96. The average molecular weight is 541 g/mol. The number of aromatic nitrogens is 4. The number of carbonyl (C=O) groups excluding carboxylic acids is 2. The summed E-state index contributed by atoms with van der Waals surface area (Å²) in [7, 11) is 0. The van der Waals surface area contributed by atoms with Gasteiger partial charge in [0.2, 0.25) is 10.1 Å². The van der Waals surface area contributed by atoms with E-state index in [1.165, 1.54) is 23.1 Å². The van der Waals surface area contributed by atoms with Gasteiger partial charge in [0.25, 0.3) is 11.8 Å². The lowest BCUT2D eigenvalue weighted by atomic mass is 9.97. The summed E-state index contributed by atoms with van der Waals surface area (Å²) in [5.74, 6) is 0.0122. The fourth-order valence-electron chi connectivity index (χ4n) is 3.44. The van der Waals surface area contributed by atoms with Gasteiger partial charge in [-0.3, -0.25) is 14.9 Å². The number of hydrogen-bond donors (Lipinski definition) is 1. The van der Waals surface area contributed by atoms with Crippen molar-refractivity contribution in [1.82, 2.24) is 25.1 Å². The highest BCUT2D eigenvalue weighted by molar-refractivity contribution is 7.99. The molecule has 184 valence electrons. The molecule has 8 nitrogen and oxygen atoms in total. The van der Waals surface area contributed by atoms with Crippen LogP contribution in [0.2, 0.25) is 0 Å². The summed E-state index contributed by atoms with van der Waals surface area (Å²) in [5, 5.41) is 10.3. The zero-order chi connectivity index (χ0) is 25.0. The summed E-state index contributed by atoms with van der Waals surface area (Å²) in [6.45, 7) is 4.78. The highest BCUT2D eigenvalue weighted by atomic mass is 32.2. The molecule has 3 aromatic rings. The number of nitrogens with one attached hydrogen (secondary N) is 1. The van der Waals surface area contributed by atoms with E-state index in [2.05, 4.69) is 32.1 Å². The molecule has 35 heavy (non-hydrogen) atoms. The maximum atomic E-state index is 13.1. The van der Waals surface area contributed by atoms with Crippen molar-refractivity contribution in [2.24, 2.45) is 0 Å². The molecule has 0 radical (unpaired) electrons. The fourth-order valence-corrected chi connectivity index (χ4v) is 5.73. The zero-order valence-electron chi connectivity index (χ0n) is 18.1. The fraction of sp³-hybridized carbons (Fsp3) is 0.333. The predicted molar refractivity (Wildman–Crippen MR) is 128 cm³/mol. The van der Waals surface area contributed by atoms with Gasteiger partial charge in [-0.25, -0.2) is 9.97 Å². The van der Waals surface area contributed by atoms with Crippen molar-refractivity contribution in [3.63, 3.8) is 0 Å². The Balaban J connectivity index is 1.35. The van der Waals surface area contributed by atoms with Crippen LogP contribution in [0.15, 0.2) is 41.4 Å². The van der Waals surface area contributed by atoms with Crippen molar-refractivity contribution in [1.29, 1.82) is 0 Å². The van der Waals surface area contributed by atoms with Gasteiger partial charge in [0.15, 0.2) is 0 Å². The number of carbonyl (C=O) groups is 2. The van der Waals surface area contributed by atoms with Gasteiger partial charge >= 0.3 is 6.18 Å². The Morgan fingerprint density at radius 1 is 1.29 bits per heavy atom. The molecule has 1 N–H and O–H groups in total. The minimum absolute atomic E-state index is 0.0717. The van der Waals surface area contributed by atoms with Crippen molar-refractivity contribution in [2.75, 3.05) is 24.2 Å². The second-order valence-electron chi connectivity index (χ2n) is 7.46. The number of anilines is 1. The Morgan fingerprint density at radius 2 is 2.06 bits per heavy atom. The maximum Gasteiger partial charge on any atom is 0.445 e. The molecule has 0 bridgehead atoms. The van der Waals surface area contributed by atoms with Crippen molar-refractivity contribution in [2.45, 2.75) is 30.0 Å². The van der Waals surface area contributed by atoms with E-state index >= 15 is 0 Å². The second kappa shape index (κ2) is 10.8. The van der Waals surface area contributed by atoms with E-state index in [-0.39, 0.29) is 34.0 Å². The molecule has 3 aromatic heterocycles. The van der Waals surface area contributed by atoms with Gasteiger partial charge in [-0.15, -0.1) is 39.9 Å². The van der Waals surface area contributed by atoms with E-state index in [0.717, 1.165) is 5.01 Å². The lowest BCUT2D eigenvalue weighted by Gasteiger charge is -2.31. The first-order chi connectivity index (χ1) is 16.8. The third kappa shape index (κ3) is 6.05. The van der Waals surface area contributed by atoms with Crippen LogP contribution in [0.4, 0.5) is 18.3 Å². The van der Waals surface area contributed by atoms with Gasteiger partial charge in [-0.1, -0.05) is 17.4 Å². The monoisotopic (exact) mass is 540 g/mol. The number of hydrogen-bond acceptors (Lipinski definition) is 9. The molecular weight excluding hydrogens is 521 g/mol. The Morgan fingerprint density at radius 3 is 2.74 bits per heavy atom. The van der Waals surface area contributed by atoms with Gasteiger partial charge in [0.05, 0.1) is 10.6 Å². The van der Waals surface area contributed by atoms with Crippen LogP contribution in [0, 0.1) is 0 Å². The summed E-state index contributed by atoms with van der Waals surface area (Å²) < 4.78 is 38.0. The van der Waals surface area contributed by atoms with Crippen LogP contribution in [-0.2, 0) is 6.18 Å². The molecule has 0 aliphatic carbocycles. The number of rotatable bonds is 7. The van der Waals surface area contributed by atoms with Gasteiger partial charge < -0.3 is 4.90 Å². The van der Waals surface area contributed by atoms with Crippen molar-refractivity contribution < 1.29 is 22.8 Å². The normalized spacial score (nSPS) is 14.7. The third-order valence-corrected chi connectivity index (χ3v) is 8.01. The Bertz CT molecular complexity index is 1220. The van der Waals surface area contributed by atoms with Crippen molar-refractivity contribution >= 4 is 51.4 Å². The number of pyridine rings is 1. The first-order valence-corrected chi connectivity index (χ1v) is 13.1. The maximum absolute atomic E-state index is 13.1. The van der Waals surface area contributed by atoms with Crippen LogP contribution < -0.4 is 5.32 Å². The van der Waals surface area contributed by atoms with E-state index in [1.54, 1.807) is 34.7 Å². The third-order valence-electron chi connectivity index (χ3n) is 5.11. The summed E-state index contributed by atoms with van der Waals surface area (Å²) in [5.41, 5.74) is 0.669. The average Bonchev–Trinajstić information content (AvgIpc) is 3.53. The smallest absolute Gasteiger partial charge is 0.339 e. The van der Waals surface area contributed by atoms with Crippen molar-refractivity contribution in [3.8, 4) is 0 Å². The van der Waals surface area contributed by atoms with E-state index < -0.39 is 17.1 Å². The van der Waals surface area contributed by atoms with E-state index in [9.17, 15) is 22.8 Å². The molecule has 4 heterocycles. The van der Waals surface area contributed by atoms with Gasteiger partial charge in [-0.2, -0.15) is 13.2 Å². The Hall–Kier alpha value is -2.84. The Kier molecular flexibility index (Phi) is 7.82. The molecule has 2 amide bonds. The highest BCUT2D eigenvalue weighted by Gasteiger charge is 2.36. The van der Waals surface area contributed by atoms with Crippen molar-refractivity contribution in [3.05, 3.63) is 57.6 Å². The summed E-state index contributed by atoms with van der Waals surface area (Å²) in [6, 6.07) is 3.51. The van der Waals surface area contributed by atoms with Crippen LogP contribution in [0.1, 0.15) is 49.6 Å². The molecule has 0 saturated carbocycles. The topological polar surface area (TPSA) is 101 Å². The molecular formula is C21H19F3N6O2S3.